The second-order valence-corrected chi connectivity index (χ2v) is 7.55. The van der Waals surface area contributed by atoms with Crippen LogP contribution >= 0.6 is 24.4 Å². The zero-order chi connectivity index (χ0) is 20.8. The molecule has 2 nitrogen and oxygen atoms in total. The molecule has 0 heterocycles. The number of nitrogens with one attached hydrogen (secondary N) is 2. The van der Waals surface area contributed by atoms with Gasteiger partial charge in [0.05, 0.1) is 0 Å². The fourth-order valence-corrected chi connectivity index (χ4v) is 3.91. The Morgan fingerprint density at radius 2 is 1.00 bits per heavy atom. The molecule has 0 atom stereocenters. The Balaban J connectivity index is 1.77. The summed E-state index contributed by atoms with van der Waals surface area (Å²) in [6, 6.07) is 36.2. The minimum Gasteiger partial charge on any atom is -0.346 e. The molecule has 2 N–H and O–H groups in total. The van der Waals surface area contributed by atoms with Crippen LogP contribution in [0.25, 0.3) is 11.1 Å². The maximum Gasteiger partial charge on any atom is 0.112 e. The SMILES string of the molecule is S=C(Nc1ccccc1)c1cccc(-c2ccccc2)c1C(=S)Nc1ccccc1. The van der Waals surface area contributed by atoms with Crippen LogP contribution in [0.2, 0.25) is 0 Å². The molecule has 4 heteroatoms. The smallest absolute Gasteiger partial charge is 0.112 e. The first kappa shape index (κ1) is 20.0. The topological polar surface area (TPSA) is 24.1 Å². The molecule has 0 aliphatic rings. The van der Waals surface area contributed by atoms with Crippen molar-refractivity contribution >= 4 is 45.8 Å². The second-order valence-electron chi connectivity index (χ2n) is 6.73. The van der Waals surface area contributed by atoms with Crippen LogP contribution in [0.5, 0.6) is 0 Å². The van der Waals surface area contributed by atoms with Crippen LogP contribution in [0.4, 0.5) is 11.4 Å². The Labute approximate surface area is 187 Å². The number of thiocarbonyl (C=S) groups is 2. The van der Waals surface area contributed by atoms with E-state index in [9.17, 15) is 0 Å². The predicted octanol–water partition coefficient (Wildman–Crippen LogP) is 6.93. The Hall–Kier alpha value is -3.34. The number of para-hydroxylation sites is 2. The molecule has 0 saturated heterocycles. The lowest BCUT2D eigenvalue weighted by Gasteiger charge is -2.19. The molecule has 30 heavy (non-hydrogen) atoms. The highest BCUT2D eigenvalue weighted by Gasteiger charge is 2.18. The molecule has 0 unspecified atom stereocenters. The van der Waals surface area contributed by atoms with Gasteiger partial charge in [-0.3, -0.25) is 0 Å². The largest absolute Gasteiger partial charge is 0.346 e. The number of benzene rings is 4. The normalized spacial score (nSPS) is 10.3. The summed E-state index contributed by atoms with van der Waals surface area (Å²) in [6.45, 7) is 0. The summed E-state index contributed by atoms with van der Waals surface area (Å²) in [5.74, 6) is 0. The van der Waals surface area contributed by atoms with Crippen molar-refractivity contribution in [3.8, 4) is 11.1 Å². The minimum atomic E-state index is 0.631. The van der Waals surface area contributed by atoms with E-state index >= 15 is 0 Å². The van der Waals surface area contributed by atoms with Crippen LogP contribution in [0.3, 0.4) is 0 Å². The van der Waals surface area contributed by atoms with E-state index in [4.69, 9.17) is 24.4 Å². The molecule has 4 aromatic rings. The molecule has 146 valence electrons. The van der Waals surface area contributed by atoms with E-state index in [0.717, 1.165) is 33.6 Å². The van der Waals surface area contributed by atoms with E-state index in [1.165, 1.54) is 0 Å². The average molecular weight is 425 g/mol. The third kappa shape index (κ3) is 4.62. The lowest BCUT2D eigenvalue weighted by molar-refractivity contribution is 1.54. The summed E-state index contributed by atoms with van der Waals surface area (Å²) in [6.07, 6.45) is 0. The van der Waals surface area contributed by atoms with Crippen LogP contribution in [-0.4, -0.2) is 9.98 Å². The molecule has 4 aromatic carbocycles. The van der Waals surface area contributed by atoms with Gasteiger partial charge in [-0.25, -0.2) is 0 Å². The highest BCUT2D eigenvalue weighted by Crippen LogP contribution is 2.29. The van der Waals surface area contributed by atoms with Crippen molar-refractivity contribution in [1.82, 2.24) is 0 Å². The molecule has 0 saturated carbocycles. The zero-order valence-corrected chi connectivity index (χ0v) is 17.8. The minimum absolute atomic E-state index is 0.631. The molecule has 4 rings (SSSR count). The van der Waals surface area contributed by atoms with Crippen LogP contribution in [0.1, 0.15) is 11.1 Å². The molecule has 0 bridgehead atoms. The number of rotatable bonds is 5. The van der Waals surface area contributed by atoms with Gasteiger partial charge in [-0.2, -0.15) is 0 Å². The van der Waals surface area contributed by atoms with Gasteiger partial charge in [0.25, 0.3) is 0 Å². The van der Waals surface area contributed by atoms with Crippen molar-refractivity contribution in [3.05, 3.63) is 120 Å². The molecule has 0 aliphatic heterocycles. The van der Waals surface area contributed by atoms with E-state index in [-0.39, 0.29) is 0 Å². The van der Waals surface area contributed by atoms with Crippen LogP contribution in [0.15, 0.2) is 109 Å². The first-order valence-corrected chi connectivity index (χ1v) is 10.5. The van der Waals surface area contributed by atoms with Gasteiger partial charge in [0.15, 0.2) is 0 Å². The lowest BCUT2D eigenvalue weighted by Crippen LogP contribution is -2.20. The summed E-state index contributed by atoms with van der Waals surface area (Å²) >= 11 is 11.6. The monoisotopic (exact) mass is 424 g/mol. The molecular formula is C26H20N2S2. The van der Waals surface area contributed by atoms with Crippen molar-refractivity contribution in [2.75, 3.05) is 10.6 Å². The zero-order valence-electron chi connectivity index (χ0n) is 16.2. The molecule has 0 spiro atoms. The highest BCUT2D eigenvalue weighted by atomic mass is 32.1. The average Bonchev–Trinajstić information content (AvgIpc) is 2.80. The van der Waals surface area contributed by atoms with Gasteiger partial charge in [0.2, 0.25) is 0 Å². The Morgan fingerprint density at radius 1 is 0.500 bits per heavy atom. The lowest BCUT2D eigenvalue weighted by atomic mass is 9.94. The van der Waals surface area contributed by atoms with E-state index < -0.39 is 0 Å². The number of hydrogen-bond donors (Lipinski definition) is 2. The molecule has 0 radical (unpaired) electrons. The van der Waals surface area contributed by atoms with Crippen LogP contribution < -0.4 is 10.6 Å². The van der Waals surface area contributed by atoms with Crippen molar-refractivity contribution < 1.29 is 0 Å². The van der Waals surface area contributed by atoms with Gasteiger partial charge in [-0.1, -0.05) is 109 Å². The molecule has 0 amide bonds. The second kappa shape index (κ2) is 9.44. The first-order valence-electron chi connectivity index (χ1n) is 9.63. The summed E-state index contributed by atoms with van der Waals surface area (Å²) in [4.78, 5) is 1.26. The third-order valence-corrected chi connectivity index (χ3v) is 5.31. The third-order valence-electron chi connectivity index (χ3n) is 4.68. The fraction of sp³-hybridized carbons (Fsp3) is 0. The maximum atomic E-state index is 5.86. The fourth-order valence-electron chi connectivity index (χ4n) is 3.28. The van der Waals surface area contributed by atoms with Crippen molar-refractivity contribution in [1.29, 1.82) is 0 Å². The van der Waals surface area contributed by atoms with E-state index in [1.54, 1.807) is 0 Å². The Bertz CT molecular complexity index is 1160. The Kier molecular flexibility index (Phi) is 6.28. The predicted molar refractivity (Wildman–Crippen MR) is 135 cm³/mol. The first-order chi connectivity index (χ1) is 14.7. The van der Waals surface area contributed by atoms with E-state index in [1.807, 2.05) is 91.0 Å². The van der Waals surface area contributed by atoms with Crippen molar-refractivity contribution in [2.24, 2.45) is 0 Å². The summed E-state index contributed by atoms with van der Waals surface area (Å²) in [5.41, 5.74) is 5.83. The van der Waals surface area contributed by atoms with E-state index in [0.29, 0.717) is 9.98 Å². The number of hydrogen-bond acceptors (Lipinski definition) is 2. The highest BCUT2D eigenvalue weighted by molar-refractivity contribution is 7.81. The molecular weight excluding hydrogens is 404 g/mol. The van der Waals surface area contributed by atoms with Crippen LogP contribution in [-0.2, 0) is 0 Å². The summed E-state index contributed by atoms with van der Waals surface area (Å²) < 4.78 is 0. The summed E-state index contributed by atoms with van der Waals surface area (Å²) in [5, 5.41) is 6.71. The molecule has 0 aromatic heterocycles. The molecule has 0 aliphatic carbocycles. The van der Waals surface area contributed by atoms with Gasteiger partial charge >= 0.3 is 0 Å². The quantitative estimate of drug-likeness (QED) is 0.339. The van der Waals surface area contributed by atoms with E-state index in [2.05, 4.69) is 28.8 Å². The molecule has 0 fully saturated rings. The van der Waals surface area contributed by atoms with Crippen molar-refractivity contribution in [2.45, 2.75) is 0 Å². The maximum absolute atomic E-state index is 5.86. The number of anilines is 2. The van der Waals surface area contributed by atoms with Gasteiger partial charge < -0.3 is 10.6 Å². The van der Waals surface area contributed by atoms with Gasteiger partial charge in [-0.15, -0.1) is 0 Å². The van der Waals surface area contributed by atoms with Gasteiger partial charge in [-0.05, 0) is 35.4 Å². The van der Waals surface area contributed by atoms with Crippen LogP contribution in [0, 0.1) is 0 Å². The Morgan fingerprint density at radius 3 is 1.57 bits per heavy atom. The summed E-state index contributed by atoms with van der Waals surface area (Å²) in [7, 11) is 0. The van der Waals surface area contributed by atoms with Gasteiger partial charge in [0.1, 0.15) is 9.98 Å². The van der Waals surface area contributed by atoms with Gasteiger partial charge in [0, 0.05) is 22.5 Å². The standard InChI is InChI=1S/C26H20N2S2/c29-25(27-20-13-6-2-7-14-20)23-18-10-17-22(19-11-4-1-5-12-19)24(23)26(30)28-21-15-8-3-9-16-21/h1-18H,(H,27,29)(H,28,30). The van der Waals surface area contributed by atoms with Crippen molar-refractivity contribution in [3.63, 3.8) is 0 Å².